The first-order valence-electron chi connectivity index (χ1n) is 8.12. The fourth-order valence-corrected chi connectivity index (χ4v) is 2.81. The van der Waals surface area contributed by atoms with Crippen LogP contribution < -0.4 is 5.32 Å². The van der Waals surface area contributed by atoms with Crippen LogP contribution >= 0.6 is 0 Å². The van der Waals surface area contributed by atoms with Gasteiger partial charge in [-0.05, 0) is 37.7 Å². The average molecular weight is 302 g/mol. The van der Waals surface area contributed by atoms with Gasteiger partial charge in [0.15, 0.2) is 0 Å². The van der Waals surface area contributed by atoms with E-state index in [1.165, 1.54) is 11.1 Å². The van der Waals surface area contributed by atoms with E-state index in [0.29, 0.717) is 12.3 Å². The zero-order chi connectivity index (χ0) is 15.9. The Morgan fingerprint density at radius 2 is 1.82 bits per heavy atom. The van der Waals surface area contributed by atoms with Crippen molar-refractivity contribution in [3.8, 4) is 0 Å². The predicted octanol–water partition coefficient (Wildman–Crippen LogP) is 2.30. The topological polar surface area (TPSA) is 49.4 Å². The molecule has 1 aliphatic rings. The molecule has 0 aliphatic carbocycles. The molecular weight excluding hydrogens is 276 g/mol. The van der Waals surface area contributed by atoms with Crippen LogP contribution in [0.3, 0.4) is 0 Å². The summed E-state index contributed by atoms with van der Waals surface area (Å²) in [4.78, 5) is 25.1. The monoisotopic (exact) mass is 302 g/mol. The number of aryl methyl sites for hydroxylation is 2. The van der Waals surface area contributed by atoms with Crippen LogP contribution in [0.5, 0.6) is 0 Å². The summed E-state index contributed by atoms with van der Waals surface area (Å²) in [5.41, 5.74) is 2.45. The summed E-state index contributed by atoms with van der Waals surface area (Å²) in [6.07, 6.45) is 3.29. The molecule has 4 heteroatoms. The third kappa shape index (κ3) is 5.17. The van der Waals surface area contributed by atoms with Gasteiger partial charge in [0, 0.05) is 33.0 Å². The molecule has 0 atom stereocenters. The van der Waals surface area contributed by atoms with Gasteiger partial charge in [0.1, 0.15) is 0 Å². The molecule has 1 aromatic carbocycles. The van der Waals surface area contributed by atoms with Crippen molar-refractivity contribution in [2.75, 3.05) is 19.6 Å². The van der Waals surface area contributed by atoms with Crippen LogP contribution in [0.2, 0.25) is 0 Å². The maximum atomic E-state index is 11.9. The quantitative estimate of drug-likeness (QED) is 0.907. The molecule has 1 saturated heterocycles. The van der Waals surface area contributed by atoms with Crippen LogP contribution in [0, 0.1) is 12.8 Å². The van der Waals surface area contributed by atoms with Gasteiger partial charge in [-0.25, -0.2) is 0 Å². The standard InChI is InChI=1S/C18H26N2O2/c1-14-3-5-16(6-4-14)7-8-18(22)19-13-17-9-11-20(12-10-17)15(2)21/h3-6,17H,7-13H2,1-2H3,(H,19,22). The Balaban J connectivity index is 1.64. The highest BCUT2D eigenvalue weighted by atomic mass is 16.2. The zero-order valence-electron chi connectivity index (χ0n) is 13.6. The second-order valence-electron chi connectivity index (χ2n) is 6.24. The minimum atomic E-state index is 0.120. The van der Waals surface area contributed by atoms with Gasteiger partial charge in [-0.1, -0.05) is 29.8 Å². The Morgan fingerprint density at radius 3 is 2.41 bits per heavy atom. The van der Waals surface area contributed by atoms with Crippen LogP contribution in [-0.4, -0.2) is 36.3 Å². The number of benzene rings is 1. The highest BCUT2D eigenvalue weighted by Crippen LogP contribution is 2.16. The molecule has 120 valence electrons. The van der Waals surface area contributed by atoms with Crippen molar-refractivity contribution in [3.63, 3.8) is 0 Å². The maximum absolute atomic E-state index is 11.9. The summed E-state index contributed by atoms with van der Waals surface area (Å²) in [7, 11) is 0. The van der Waals surface area contributed by atoms with E-state index in [-0.39, 0.29) is 11.8 Å². The number of amides is 2. The predicted molar refractivity (Wildman–Crippen MR) is 87.5 cm³/mol. The number of hydrogen-bond donors (Lipinski definition) is 1. The lowest BCUT2D eigenvalue weighted by atomic mass is 9.96. The van der Waals surface area contributed by atoms with Gasteiger partial charge in [-0.15, -0.1) is 0 Å². The lowest BCUT2D eigenvalue weighted by Gasteiger charge is -2.31. The number of carbonyl (C=O) groups excluding carboxylic acids is 2. The number of piperidine rings is 1. The minimum absolute atomic E-state index is 0.120. The van der Waals surface area contributed by atoms with Crippen molar-refractivity contribution in [1.82, 2.24) is 10.2 Å². The SMILES string of the molecule is CC(=O)N1CCC(CNC(=O)CCc2ccc(C)cc2)CC1. The summed E-state index contributed by atoms with van der Waals surface area (Å²) < 4.78 is 0. The van der Waals surface area contributed by atoms with Crippen molar-refractivity contribution in [1.29, 1.82) is 0 Å². The molecule has 0 bridgehead atoms. The summed E-state index contributed by atoms with van der Waals surface area (Å²) >= 11 is 0. The van der Waals surface area contributed by atoms with Crippen molar-refractivity contribution in [3.05, 3.63) is 35.4 Å². The highest BCUT2D eigenvalue weighted by molar-refractivity contribution is 5.76. The van der Waals surface area contributed by atoms with Crippen LogP contribution in [0.4, 0.5) is 0 Å². The van der Waals surface area contributed by atoms with Gasteiger partial charge in [0.2, 0.25) is 11.8 Å². The third-order valence-electron chi connectivity index (χ3n) is 4.41. The number of nitrogens with one attached hydrogen (secondary N) is 1. The lowest BCUT2D eigenvalue weighted by Crippen LogP contribution is -2.40. The smallest absolute Gasteiger partial charge is 0.220 e. The van der Waals surface area contributed by atoms with E-state index in [1.807, 2.05) is 4.90 Å². The number of carbonyl (C=O) groups is 2. The molecule has 1 aromatic rings. The third-order valence-corrected chi connectivity index (χ3v) is 4.41. The van der Waals surface area contributed by atoms with Crippen LogP contribution in [0.15, 0.2) is 24.3 Å². The van der Waals surface area contributed by atoms with E-state index in [4.69, 9.17) is 0 Å². The molecule has 4 nitrogen and oxygen atoms in total. The Morgan fingerprint density at radius 1 is 1.18 bits per heavy atom. The molecule has 0 saturated carbocycles. The number of nitrogens with zero attached hydrogens (tertiary/aromatic N) is 1. The second kappa shape index (κ2) is 7.97. The largest absolute Gasteiger partial charge is 0.356 e. The Labute approximate surface area is 132 Å². The maximum Gasteiger partial charge on any atom is 0.220 e. The molecule has 1 heterocycles. The number of likely N-dealkylation sites (tertiary alicyclic amines) is 1. The van der Waals surface area contributed by atoms with Gasteiger partial charge in [0.25, 0.3) is 0 Å². The Kier molecular flexibility index (Phi) is 5.99. The molecule has 0 unspecified atom stereocenters. The van der Waals surface area contributed by atoms with Gasteiger partial charge in [0.05, 0.1) is 0 Å². The molecule has 0 spiro atoms. The van der Waals surface area contributed by atoms with E-state index in [9.17, 15) is 9.59 Å². The Hall–Kier alpha value is -1.84. The molecule has 1 aliphatic heterocycles. The van der Waals surface area contributed by atoms with E-state index >= 15 is 0 Å². The molecule has 0 aromatic heterocycles. The van der Waals surface area contributed by atoms with Crippen LogP contribution in [-0.2, 0) is 16.0 Å². The van der Waals surface area contributed by atoms with Crippen molar-refractivity contribution < 1.29 is 9.59 Å². The molecule has 1 fully saturated rings. The average Bonchev–Trinajstić information content (AvgIpc) is 2.52. The van der Waals surface area contributed by atoms with E-state index in [0.717, 1.165) is 38.9 Å². The fraction of sp³-hybridized carbons (Fsp3) is 0.556. The minimum Gasteiger partial charge on any atom is -0.356 e. The molecule has 2 rings (SSSR count). The van der Waals surface area contributed by atoms with E-state index in [1.54, 1.807) is 6.92 Å². The highest BCUT2D eigenvalue weighted by Gasteiger charge is 2.20. The summed E-state index contributed by atoms with van der Waals surface area (Å²) in [5, 5.41) is 3.04. The second-order valence-corrected chi connectivity index (χ2v) is 6.24. The number of rotatable bonds is 5. The lowest BCUT2D eigenvalue weighted by molar-refractivity contribution is -0.130. The normalized spacial score (nSPS) is 15.6. The van der Waals surface area contributed by atoms with E-state index in [2.05, 4.69) is 36.5 Å². The summed E-state index contributed by atoms with van der Waals surface area (Å²) in [5.74, 6) is 0.772. The first kappa shape index (κ1) is 16.5. The summed E-state index contributed by atoms with van der Waals surface area (Å²) in [6, 6.07) is 8.33. The molecule has 1 N–H and O–H groups in total. The fourth-order valence-electron chi connectivity index (χ4n) is 2.81. The summed E-state index contributed by atoms with van der Waals surface area (Å²) in [6.45, 7) is 6.05. The number of hydrogen-bond acceptors (Lipinski definition) is 2. The van der Waals surface area contributed by atoms with Crippen molar-refractivity contribution >= 4 is 11.8 Å². The first-order valence-corrected chi connectivity index (χ1v) is 8.12. The molecular formula is C18H26N2O2. The van der Waals surface area contributed by atoms with Crippen molar-refractivity contribution in [2.24, 2.45) is 5.92 Å². The first-order chi connectivity index (χ1) is 10.5. The van der Waals surface area contributed by atoms with Crippen LogP contribution in [0.1, 0.15) is 37.3 Å². The Bertz CT molecular complexity index is 502. The van der Waals surface area contributed by atoms with E-state index < -0.39 is 0 Å². The van der Waals surface area contributed by atoms with Gasteiger partial charge >= 0.3 is 0 Å². The van der Waals surface area contributed by atoms with Gasteiger partial charge in [-0.3, -0.25) is 9.59 Å². The van der Waals surface area contributed by atoms with Crippen LogP contribution in [0.25, 0.3) is 0 Å². The van der Waals surface area contributed by atoms with Gasteiger partial charge < -0.3 is 10.2 Å². The van der Waals surface area contributed by atoms with Gasteiger partial charge in [-0.2, -0.15) is 0 Å². The zero-order valence-corrected chi connectivity index (χ0v) is 13.6. The van der Waals surface area contributed by atoms with Crippen molar-refractivity contribution in [2.45, 2.75) is 39.5 Å². The molecule has 22 heavy (non-hydrogen) atoms. The molecule has 0 radical (unpaired) electrons. The molecule has 2 amide bonds.